The number of benzene rings is 2. The fourth-order valence-electron chi connectivity index (χ4n) is 2.89. The Morgan fingerprint density at radius 1 is 1.09 bits per heavy atom. The average Bonchev–Trinajstić information content (AvgIpc) is 2.91. The number of sulfonamides is 1. The van der Waals surface area contributed by atoms with E-state index in [-0.39, 0.29) is 0 Å². The summed E-state index contributed by atoms with van der Waals surface area (Å²) in [5.74, 6) is 0. The second-order valence-electron chi connectivity index (χ2n) is 5.53. The molecular weight excluding hydrogens is 296 g/mol. The second-order valence-corrected chi connectivity index (χ2v) is 7.26. The van der Waals surface area contributed by atoms with Crippen LogP contribution in [-0.2, 0) is 16.4 Å². The number of anilines is 1. The molecule has 1 N–H and O–H groups in total. The van der Waals surface area contributed by atoms with Crippen molar-refractivity contribution in [3.05, 3.63) is 59.7 Å². The number of hydrogen-bond donors (Lipinski definition) is 1. The second kappa shape index (κ2) is 6.10. The largest absolute Gasteiger partial charge is 0.370 e. The highest BCUT2D eigenvalue weighted by atomic mass is 32.2. The molecule has 0 aromatic heterocycles. The summed E-state index contributed by atoms with van der Waals surface area (Å²) in [5.41, 5.74) is 3.32. The minimum absolute atomic E-state index is 0.358. The first-order valence-corrected chi connectivity index (χ1v) is 8.94. The van der Waals surface area contributed by atoms with Crippen LogP contribution in [0.2, 0.25) is 0 Å². The van der Waals surface area contributed by atoms with Gasteiger partial charge in [-0.1, -0.05) is 36.4 Å². The Labute approximate surface area is 131 Å². The first-order valence-electron chi connectivity index (χ1n) is 7.46. The van der Waals surface area contributed by atoms with Gasteiger partial charge in [0.1, 0.15) is 0 Å². The maximum absolute atomic E-state index is 12.3. The molecule has 2 aromatic rings. The minimum Gasteiger partial charge on any atom is -0.370 e. The number of rotatable bonds is 5. The van der Waals surface area contributed by atoms with Crippen LogP contribution in [0, 0.1) is 6.92 Å². The molecular formula is C17H20N2O2S. The predicted octanol–water partition coefficient (Wildman–Crippen LogP) is 2.34. The Morgan fingerprint density at radius 2 is 1.82 bits per heavy atom. The van der Waals surface area contributed by atoms with Crippen molar-refractivity contribution < 1.29 is 8.42 Å². The molecule has 0 fully saturated rings. The summed E-state index contributed by atoms with van der Waals surface area (Å²) in [6.07, 6.45) is 1.03. The lowest BCUT2D eigenvalue weighted by Crippen LogP contribution is -2.34. The van der Waals surface area contributed by atoms with Gasteiger partial charge in [0.05, 0.1) is 4.90 Å². The Kier molecular flexibility index (Phi) is 4.18. The van der Waals surface area contributed by atoms with Crippen LogP contribution in [0.4, 0.5) is 5.69 Å². The van der Waals surface area contributed by atoms with E-state index in [1.807, 2.05) is 31.2 Å². The molecule has 1 heterocycles. The molecule has 0 aliphatic carbocycles. The molecule has 1 aliphatic rings. The van der Waals surface area contributed by atoms with Gasteiger partial charge in [-0.05, 0) is 36.6 Å². The molecule has 0 unspecified atom stereocenters. The standard InChI is InChI=1S/C17H20N2O2S/c1-14-6-2-5-9-17(14)22(20,21)18-11-13-19-12-10-15-7-3-4-8-16(15)19/h2-9,18H,10-13H2,1H3. The SMILES string of the molecule is Cc1ccccc1S(=O)(=O)NCCN1CCc2ccccc21. The van der Waals surface area contributed by atoms with Gasteiger partial charge in [0, 0.05) is 25.3 Å². The monoisotopic (exact) mass is 316 g/mol. The molecule has 0 amide bonds. The average molecular weight is 316 g/mol. The van der Waals surface area contributed by atoms with Gasteiger partial charge in [0.25, 0.3) is 0 Å². The smallest absolute Gasteiger partial charge is 0.240 e. The maximum Gasteiger partial charge on any atom is 0.240 e. The third-order valence-corrected chi connectivity index (χ3v) is 5.66. The van der Waals surface area contributed by atoms with Gasteiger partial charge in [0.15, 0.2) is 0 Å². The molecule has 0 saturated heterocycles. The van der Waals surface area contributed by atoms with Crippen LogP contribution < -0.4 is 9.62 Å². The Hall–Kier alpha value is -1.85. The van der Waals surface area contributed by atoms with E-state index in [1.54, 1.807) is 12.1 Å². The van der Waals surface area contributed by atoms with Crippen molar-refractivity contribution in [3.8, 4) is 0 Å². The van der Waals surface area contributed by atoms with Crippen molar-refractivity contribution >= 4 is 15.7 Å². The zero-order valence-electron chi connectivity index (χ0n) is 12.6. The molecule has 4 nitrogen and oxygen atoms in total. The minimum atomic E-state index is -3.44. The fraction of sp³-hybridized carbons (Fsp3) is 0.294. The van der Waals surface area contributed by atoms with E-state index in [1.165, 1.54) is 11.3 Å². The molecule has 22 heavy (non-hydrogen) atoms. The van der Waals surface area contributed by atoms with Crippen molar-refractivity contribution in [2.24, 2.45) is 0 Å². The van der Waals surface area contributed by atoms with Gasteiger partial charge in [-0.3, -0.25) is 0 Å². The number of aryl methyl sites for hydroxylation is 1. The summed E-state index contributed by atoms with van der Waals surface area (Å²) in [4.78, 5) is 2.59. The Bertz CT molecular complexity index is 772. The Morgan fingerprint density at radius 3 is 2.64 bits per heavy atom. The van der Waals surface area contributed by atoms with E-state index < -0.39 is 10.0 Å². The lowest BCUT2D eigenvalue weighted by Gasteiger charge is -2.19. The summed E-state index contributed by atoms with van der Waals surface area (Å²) in [6.45, 7) is 3.85. The molecule has 0 spiro atoms. The first kappa shape index (κ1) is 15.1. The molecule has 0 saturated carbocycles. The molecule has 116 valence electrons. The topological polar surface area (TPSA) is 49.4 Å². The van der Waals surface area contributed by atoms with Gasteiger partial charge in [-0.25, -0.2) is 13.1 Å². The summed E-state index contributed by atoms with van der Waals surface area (Å²) in [7, 11) is -3.44. The van der Waals surface area contributed by atoms with Crippen LogP contribution in [0.5, 0.6) is 0 Å². The van der Waals surface area contributed by atoms with E-state index in [4.69, 9.17) is 0 Å². The van der Waals surface area contributed by atoms with Crippen LogP contribution in [0.3, 0.4) is 0 Å². The van der Waals surface area contributed by atoms with Gasteiger partial charge < -0.3 is 4.90 Å². The van der Waals surface area contributed by atoms with Crippen molar-refractivity contribution in [2.75, 3.05) is 24.5 Å². The molecule has 3 rings (SSSR count). The third kappa shape index (κ3) is 3.00. The number of para-hydroxylation sites is 1. The van der Waals surface area contributed by atoms with E-state index in [9.17, 15) is 8.42 Å². The van der Waals surface area contributed by atoms with Gasteiger partial charge in [-0.2, -0.15) is 0 Å². The van der Waals surface area contributed by atoms with Gasteiger partial charge >= 0.3 is 0 Å². The van der Waals surface area contributed by atoms with Crippen molar-refractivity contribution in [2.45, 2.75) is 18.2 Å². The van der Waals surface area contributed by atoms with Crippen LogP contribution in [0.15, 0.2) is 53.4 Å². The summed E-state index contributed by atoms with van der Waals surface area (Å²) in [5, 5.41) is 0. The lowest BCUT2D eigenvalue weighted by atomic mass is 10.2. The summed E-state index contributed by atoms with van der Waals surface area (Å²) in [6, 6.07) is 15.3. The normalized spacial score (nSPS) is 14.1. The van der Waals surface area contributed by atoms with E-state index in [0.717, 1.165) is 18.5 Å². The fourth-order valence-corrected chi connectivity index (χ4v) is 4.15. The molecule has 1 aliphatic heterocycles. The van der Waals surface area contributed by atoms with Crippen LogP contribution >= 0.6 is 0 Å². The first-order chi connectivity index (χ1) is 10.6. The van der Waals surface area contributed by atoms with Crippen molar-refractivity contribution in [1.29, 1.82) is 0 Å². The quantitative estimate of drug-likeness (QED) is 0.921. The molecule has 5 heteroatoms. The number of fused-ring (bicyclic) bond motifs is 1. The predicted molar refractivity (Wildman–Crippen MR) is 88.7 cm³/mol. The van der Waals surface area contributed by atoms with Gasteiger partial charge in [0.2, 0.25) is 10.0 Å². The molecule has 2 aromatic carbocycles. The molecule has 0 bridgehead atoms. The number of nitrogens with zero attached hydrogens (tertiary/aromatic N) is 1. The van der Waals surface area contributed by atoms with Crippen molar-refractivity contribution in [1.82, 2.24) is 4.72 Å². The van der Waals surface area contributed by atoms with Crippen LogP contribution in [-0.4, -0.2) is 28.1 Å². The highest BCUT2D eigenvalue weighted by Gasteiger charge is 2.20. The molecule has 0 radical (unpaired) electrons. The third-order valence-electron chi connectivity index (χ3n) is 4.04. The zero-order valence-corrected chi connectivity index (χ0v) is 13.4. The van der Waals surface area contributed by atoms with Crippen LogP contribution in [0.25, 0.3) is 0 Å². The number of nitrogens with one attached hydrogen (secondary N) is 1. The maximum atomic E-state index is 12.3. The molecule has 0 atom stereocenters. The Balaban J connectivity index is 1.63. The summed E-state index contributed by atoms with van der Waals surface area (Å²) >= 11 is 0. The van der Waals surface area contributed by atoms with Gasteiger partial charge in [-0.15, -0.1) is 0 Å². The van der Waals surface area contributed by atoms with Crippen molar-refractivity contribution in [3.63, 3.8) is 0 Å². The number of hydrogen-bond acceptors (Lipinski definition) is 3. The zero-order chi connectivity index (χ0) is 15.6. The van der Waals surface area contributed by atoms with E-state index in [0.29, 0.717) is 18.0 Å². The highest BCUT2D eigenvalue weighted by molar-refractivity contribution is 7.89. The van der Waals surface area contributed by atoms with E-state index >= 15 is 0 Å². The highest BCUT2D eigenvalue weighted by Crippen LogP contribution is 2.26. The van der Waals surface area contributed by atoms with Crippen LogP contribution in [0.1, 0.15) is 11.1 Å². The lowest BCUT2D eigenvalue weighted by molar-refractivity contribution is 0.580. The van der Waals surface area contributed by atoms with E-state index in [2.05, 4.69) is 21.8 Å². The summed E-state index contributed by atoms with van der Waals surface area (Å²) < 4.78 is 27.4.